The van der Waals surface area contributed by atoms with Crippen molar-refractivity contribution in [1.82, 2.24) is 15.6 Å². The Labute approximate surface area is 179 Å². The van der Waals surface area contributed by atoms with Gasteiger partial charge in [0.25, 0.3) is 0 Å². The number of aryl methyl sites for hydroxylation is 1. The zero-order valence-corrected chi connectivity index (χ0v) is 18.8. The monoisotopic (exact) mass is 486 g/mol. The molecule has 1 heterocycles. The Morgan fingerprint density at radius 1 is 1.15 bits per heavy atom. The molecule has 0 saturated heterocycles. The van der Waals surface area contributed by atoms with Gasteiger partial charge in [-0.1, -0.05) is 17.7 Å². The van der Waals surface area contributed by atoms with E-state index in [1.807, 2.05) is 19.1 Å². The number of halogens is 1. The second kappa shape index (κ2) is 13.5. The van der Waals surface area contributed by atoms with Crippen LogP contribution in [0.25, 0.3) is 11.5 Å². The van der Waals surface area contributed by atoms with Crippen LogP contribution in [0.4, 0.5) is 0 Å². The summed E-state index contributed by atoms with van der Waals surface area (Å²) in [4.78, 5) is 8.79. The van der Waals surface area contributed by atoms with Crippen LogP contribution in [0, 0.1) is 6.92 Å². The smallest absolute Gasteiger partial charge is 0.226 e. The van der Waals surface area contributed by atoms with Gasteiger partial charge in [-0.2, -0.15) is 0 Å². The molecule has 2 aromatic rings. The van der Waals surface area contributed by atoms with Gasteiger partial charge in [0.1, 0.15) is 6.26 Å². The number of nitrogens with zero attached hydrogens (tertiary/aromatic N) is 2. The molecular formula is C20H31IN4O2. The van der Waals surface area contributed by atoms with Crippen LogP contribution < -0.4 is 10.6 Å². The molecule has 0 fully saturated rings. The van der Waals surface area contributed by atoms with Gasteiger partial charge in [0.15, 0.2) is 5.96 Å². The number of rotatable bonds is 10. The Balaban J connectivity index is 0.00000364. The number of ether oxygens (including phenoxy) is 1. The predicted molar refractivity (Wildman–Crippen MR) is 121 cm³/mol. The highest BCUT2D eigenvalue weighted by molar-refractivity contribution is 14.0. The predicted octanol–water partition coefficient (Wildman–Crippen LogP) is 3.79. The molecule has 6 nitrogen and oxygen atoms in total. The summed E-state index contributed by atoms with van der Waals surface area (Å²) >= 11 is 0. The number of oxazole rings is 1. The summed E-state index contributed by atoms with van der Waals surface area (Å²) in [6.45, 7) is 7.32. The summed E-state index contributed by atoms with van der Waals surface area (Å²) in [5.74, 6) is 1.47. The molecule has 1 aromatic carbocycles. The average molecular weight is 486 g/mol. The van der Waals surface area contributed by atoms with E-state index < -0.39 is 0 Å². The molecule has 0 aliphatic carbocycles. The van der Waals surface area contributed by atoms with E-state index in [9.17, 15) is 0 Å². The summed E-state index contributed by atoms with van der Waals surface area (Å²) in [5.41, 5.74) is 3.15. The molecule has 0 amide bonds. The molecule has 0 atom stereocenters. The van der Waals surface area contributed by atoms with Crippen LogP contribution >= 0.6 is 24.0 Å². The number of guanidine groups is 1. The summed E-state index contributed by atoms with van der Waals surface area (Å²) in [7, 11) is 1.78. The lowest BCUT2D eigenvalue weighted by molar-refractivity contribution is 0.143. The average Bonchev–Trinajstić information content (AvgIpc) is 3.12. The Hall–Kier alpha value is -1.61. The Morgan fingerprint density at radius 3 is 2.59 bits per heavy atom. The molecule has 27 heavy (non-hydrogen) atoms. The quantitative estimate of drug-likeness (QED) is 0.232. The number of hydrogen-bond acceptors (Lipinski definition) is 4. The molecular weight excluding hydrogens is 455 g/mol. The maximum Gasteiger partial charge on any atom is 0.226 e. The second-order valence-electron chi connectivity index (χ2n) is 6.09. The first kappa shape index (κ1) is 23.4. The van der Waals surface area contributed by atoms with Gasteiger partial charge in [-0.05, 0) is 38.8 Å². The summed E-state index contributed by atoms with van der Waals surface area (Å²) in [5, 5.41) is 6.61. The fraction of sp³-hybridized carbons (Fsp3) is 0.500. The standard InChI is InChI=1S/C20H30N4O2.HI/c1-4-25-14-6-5-12-22-20(21-3)23-13-11-18-15-26-19(24-18)17-9-7-16(2)8-10-17;/h7-10,15H,4-6,11-14H2,1-3H3,(H2,21,22,23);1H. The van der Waals surface area contributed by atoms with Crippen LogP contribution in [0.5, 0.6) is 0 Å². The zero-order valence-electron chi connectivity index (χ0n) is 16.5. The SMILES string of the molecule is CCOCCCCNC(=NC)NCCc1coc(-c2ccc(C)cc2)n1.I. The lowest BCUT2D eigenvalue weighted by Gasteiger charge is -2.11. The number of benzene rings is 1. The first-order valence-electron chi connectivity index (χ1n) is 9.26. The summed E-state index contributed by atoms with van der Waals surface area (Å²) in [6.07, 6.45) is 4.61. The third-order valence-corrected chi connectivity index (χ3v) is 3.96. The van der Waals surface area contributed by atoms with Crippen LogP contribution in [0.1, 0.15) is 31.0 Å². The molecule has 7 heteroatoms. The van der Waals surface area contributed by atoms with Crippen molar-refractivity contribution >= 4 is 29.9 Å². The number of hydrogen-bond donors (Lipinski definition) is 2. The third kappa shape index (κ3) is 8.75. The van der Waals surface area contributed by atoms with E-state index in [0.29, 0.717) is 5.89 Å². The fourth-order valence-corrected chi connectivity index (χ4v) is 2.46. The molecule has 0 aliphatic rings. The normalized spacial score (nSPS) is 11.1. The van der Waals surface area contributed by atoms with E-state index in [1.54, 1.807) is 13.3 Å². The van der Waals surface area contributed by atoms with Gasteiger partial charge in [0.2, 0.25) is 5.89 Å². The van der Waals surface area contributed by atoms with E-state index in [2.05, 4.69) is 39.7 Å². The molecule has 0 aliphatic heterocycles. The van der Waals surface area contributed by atoms with Crippen molar-refractivity contribution in [2.45, 2.75) is 33.1 Å². The molecule has 1 aromatic heterocycles. The second-order valence-corrected chi connectivity index (χ2v) is 6.09. The van der Waals surface area contributed by atoms with Crippen LogP contribution in [-0.4, -0.2) is 44.3 Å². The topological polar surface area (TPSA) is 71.7 Å². The van der Waals surface area contributed by atoms with Crippen molar-refractivity contribution in [3.63, 3.8) is 0 Å². The summed E-state index contributed by atoms with van der Waals surface area (Å²) in [6, 6.07) is 8.18. The van der Waals surface area contributed by atoms with Gasteiger partial charge in [0, 0.05) is 45.3 Å². The van der Waals surface area contributed by atoms with Gasteiger partial charge in [0.05, 0.1) is 5.69 Å². The first-order chi connectivity index (χ1) is 12.7. The fourth-order valence-electron chi connectivity index (χ4n) is 2.46. The molecule has 150 valence electrons. The van der Waals surface area contributed by atoms with Gasteiger partial charge in [-0.15, -0.1) is 24.0 Å². The van der Waals surface area contributed by atoms with E-state index >= 15 is 0 Å². The highest BCUT2D eigenvalue weighted by Gasteiger charge is 2.06. The van der Waals surface area contributed by atoms with Crippen LogP contribution in [0.15, 0.2) is 39.9 Å². The number of nitrogens with one attached hydrogen (secondary N) is 2. The van der Waals surface area contributed by atoms with Crippen LogP contribution in [-0.2, 0) is 11.2 Å². The maximum atomic E-state index is 5.59. The van der Waals surface area contributed by atoms with Crippen molar-refractivity contribution in [2.24, 2.45) is 4.99 Å². The largest absolute Gasteiger partial charge is 0.444 e. The van der Waals surface area contributed by atoms with Crippen LogP contribution in [0.2, 0.25) is 0 Å². The van der Waals surface area contributed by atoms with Gasteiger partial charge in [-0.25, -0.2) is 4.98 Å². The van der Waals surface area contributed by atoms with Crippen molar-refractivity contribution in [2.75, 3.05) is 33.4 Å². The Kier molecular flexibility index (Phi) is 11.8. The molecule has 2 rings (SSSR count). The highest BCUT2D eigenvalue weighted by atomic mass is 127. The zero-order chi connectivity index (χ0) is 18.6. The Morgan fingerprint density at radius 2 is 1.89 bits per heavy atom. The van der Waals surface area contributed by atoms with E-state index in [-0.39, 0.29) is 24.0 Å². The van der Waals surface area contributed by atoms with Crippen molar-refractivity contribution in [3.05, 3.63) is 41.8 Å². The maximum absolute atomic E-state index is 5.59. The Bertz CT molecular complexity index is 671. The van der Waals surface area contributed by atoms with Crippen LogP contribution in [0.3, 0.4) is 0 Å². The molecule has 0 bridgehead atoms. The van der Waals surface area contributed by atoms with Gasteiger partial charge in [-0.3, -0.25) is 4.99 Å². The number of aromatic nitrogens is 1. The van der Waals surface area contributed by atoms with Crippen molar-refractivity contribution in [3.8, 4) is 11.5 Å². The molecule has 0 radical (unpaired) electrons. The number of aliphatic imine (C=N–C) groups is 1. The lowest BCUT2D eigenvalue weighted by atomic mass is 10.1. The highest BCUT2D eigenvalue weighted by Crippen LogP contribution is 2.19. The van der Waals surface area contributed by atoms with E-state index in [1.165, 1.54) is 5.56 Å². The minimum absolute atomic E-state index is 0. The van der Waals surface area contributed by atoms with Crippen molar-refractivity contribution in [1.29, 1.82) is 0 Å². The van der Waals surface area contributed by atoms with Crippen molar-refractivity contribution < 1.29 is 9.15 Å². The van der Waals surface area contributed by atoms with Gasteiger partial charge >= 0.3 is 0 Å². The molecule has 0 unspecified atom stereocenters. The molecule has 2 N–H and O–H groups in total. The number of unbranched alkanes of at least 4 members (excludes halogenated alkanes) is 1. The van der Waals surface area contributed by atoms with Gasteiger partial charge < -0.3 is 19.8 Å². The first-order valence-corrected chi connectivity index (χ1v) is 9.26. The van der Waals surface area contributed by atoms with E-state index in [0.717, 1.165) is 62.8 Å². The third-order valence-electron chi connectivity index (χ3n) is 3.96. The lowest BCUT2D eigenvalue weighted by Crippen LogP contribution is -2.38. The minimum Gasteiger partial charge on any atom is -0.444 e. The molecule has 0 spiro atoms. The summed E-state index contributed by atoms with van der Waals surface area (Å²) < 4.78 is 10.9. The molecule has 0 saturated carbocycles. The minimum atomic E-state index is 0. The van der Waals surface area contributed by atoms with E-state index in [4.69, 9.17) is 9.15 Å².